The van der Waals surface area contributed by atoms with Gasteiger partial charge in [-0.25, -0.2) is 0 Å². The number of thiophene rings is 1. The van der Waals surface area contributed by atoms with Crippen LogP contribution in [0.3, 0.4) is 0 Å². The number of hydrogen-bond donors (Lipinski definition) is 1. The molecule has 2 heteroatoms. The normalized spacial score (nSPS) is 35.6. The third-order valence-corrected chi connectivity index (χ3v) is 3.50. The van der Waals surface area contributed by atoms with Crippen molar-refractivity contribution in [1.82, 2.24) is 0 Å². The topological polar surface area (TPSA) is 20.2 Å². The first-order chi connectivity index (χ1) is 5.27. The van der Waals surface area contributed by atoms with Gasteiger partial charge in [0.15, 0.2) is 0 Å². The summed E-state index contributed by atoms with van der Waals surface area (Å²) in [6, 6.07) is 2.17. The van der Waals surface area contributed by atoms with Crippen LogP contribution in [-0.4, -0.2) is 11.7 Å². The van der Waals surface area contributed by atoms with Gasteiger partial charge < -0.3 is 5.11 Å². The van der Waals surface area contributed by atoms with E-state index in [4.69, 9.17) is 5.11 Å². The molecule has 0 amide bonds. The molecule has 1 aliphatic rings. The van der Waals surface area contributed by atoms with E-state index >= 15 is 0 Å². The molecule has 60 valence electrons. The van der Waals surface area contributed by atoms with Crippen LogP contribution in [0.25, 0.3) is 0 Å². The molecule has 2 rings (SSSR count). The quantitative estimate of drug-likeness (QED) is 0.716. The van der Waals surface area contributed by atoms with E-state index in [1.165, 1.54) is 5.56 Å². The number of aliphatic hydroxyl groups is 1. The second kappa shape index (κ2) is 2.32. The van der Waals surface area contributed by atoms with Crippen molar-refractivity contribution in [2.75, 3.05) is 6.61 Å². The summed E-state index contributed by atoms with van der Waals surface area (Å²) in [5, 5.41) is 13.2. The summed E-state index contributed by atoms with van der Waals surface area (Å²) < 4.78 is 0. The zero-order valence-electron chi connectivity index (χ0n) is 6.58. The van der Waals surface area contributed by atoms with Crippen LogP contribution in [0.5, 0.6) is 0 Å². The van der Waals surface area contributed by atoms with Crippen LogP contribution in [0.15, 0.2) is 16.8 Å². The first kappa shape index (κ1) is 7.32. The molecule has 0 bridgehead atoms. The molecule has 11 heavy (non-hydrogen) atoms. The molecule has 0 aromatic carbocycles. The Bertz CT molecular complexity index is 242. The van der Waals surface area contributed by atoms with Crippen LogP contribution in [-0.2, 0) is 5.41 Å². The maximum absolute atomic E-state index is 8.94. The van der Waals surface area contributed by atoms with Gasteiger partial charge in [-0.05, 0) is 40.1 Å². The molecule has 1 saturated carbocycles. The molecule has 0 aliphatic heterocycles. The Morgan fingerprint density at radius 1 is 1.82 bits per heavy atom. The highest BCUT2D eigenvalue weighted by atomic mass is 32.1. The zero-order valence-corrected chi connectivity index (χ0v) is 7.40. The van der Waals surface area contributed by atoms with Crippen molar-refractivity contribution in [3.63, 3.8) is 0 Å². The molecule has 1 nitrogen and oxygen atoms in total. The fourth-order valence-electron chi connectivity index (χ4n) is 1.66. The van der Waals surface area contributed by atoms with E-state index in [0.717, 1.165) is 6.42 Å². The monoisotopic (exact) mass is 168 g/mol. The van der Waals surface area contributed by atoms with Crippen molar-refractivity contribution in [3.8, 4) is 0 Å². The minimum absolute atomic E-state index is 0.300. The minimum atomic E-state index is 0.300. The Balaban J connectivity index is 2.19. The predicted molar refractivity (Wildman–Crippen MR) is 46.9 cm³/mol. The molecule has 1 aliphatic carbocycles. The van der Waals surface area contributed by atoms with E-state index < -0.39 is 0 Å². The van der Waals surface area contributed by atoms with Crippen LogP contribution in [0, 0.1) is 5.92 Å². The van der Waals surface area contributed by atoms with Gasteiger partial charge in [-0.2, -0.15) is 11.3 Å². The summed E-state index contributed by atoms with van der Waals surface area (Å²) in [4.78, 5) is 0. The lowest BCUT2D eigenvalue weighted by molar-refractivity contribution is 0.266. The second-order valence-corrected chi connectivity index (χ2v) is 4.29. The summed E-state index contributed by atoms with van der Waals surface area (Å²) in [5.74, 6) is 0.511. The van der Waals surface area contributed by atoms with E-state index in [1.54, 1.807) is 11.3 Å². The summed E-state index contributed by atoms with van der Waals surface area (Å²) in [7, 11) is 0. The number of aliphatic hydroxyl groups excluding tert-OH is 1. The Morgan fingerprint density at radius 3 is 3.09 bits per heavy atom. The lowest BCUT2D eigenvalue weighted by Gasteiger charge is -2.06. The highest BCUT2D eigenvalue weighted by molar-refractivity contribution is 7.08. The van der Waals surface area contributed by atoms with Crippen molar-refractivity contribution in [2.45, 2.75) is 18.8 Å². The SMILES string of the molecule is CC1(c2ccsc2)CC1CO. The maximum atomic E-state index is 8.94. The Hall–Kier alpha value is -0.340. The average molecular weight is 168 g/mol. The lowest BCUT2D eigenvalue weighted by Crippen LogP contribution is -2.04. The lowest BCUT2D eigenvalue weighted by atomic mass is 9.99. The molecule has 0 radical (unpaired) electrons. The standard InChI is InChI=1S/C9H12OS/c1-9(4-8(9)5-10)7-2-3-11-6-7/h2-3,6,8,10H,4-5H2,1H3. The molecular formula is C9H12OS. The predicted octanol–water partition coefficient (Wildman–Crippen LogP) is 2.02. The van der Waals surface area contributed by atoms with E-state index in [-0.39, 0.29) is 0 Å². The Morgan fingerprint density at radius 2 is 2.64 bits per heavy atom. The first-order valence-corrected chi connectivity index (χ1v) is 4.85. The maximum Gasteiger partial charge on any atom is 0.0468 e. The molecule has 1 aromatic heterocycles. The summed E-state index contributed by atoms with van der Waals surface area (Å²) in [6.07, 6.45) is 1.15. The van der Waals surface area contributed by atoms with Crippen LogP contribution in [0.2, 0.25) is 0 Å². The van der Waals surface area contributed by atoms with Gasteiger partial charge in [0, 0.05) is 6.61 Å². The molecule has 1 aromatic rings. The molecule has 1 N–H and O–H groups in total. The fourth-order valence-corrected chi connectivity index (χ4v) is 2.46. The first-order valence-electron chi connectivity index (χ1n) is 3.91. The molecule has 1 fully saturated rings. The summed E-state index contributed by atoms with van der Waals surface area (Å²) >= 11 is 1.74. The molecule has 2 unspecified atom stereocenters. The number of rotatable bonds is 2. The van der Waals surface area contributed by atoms with Gasteiger partial charge in [0.25, 0.3) is 0 Å². The van der Waals surface area contributed by atoms with Crippen molar-refractivity contribution in [3.05, 3.63) is 22.4 Å². The summed E-state index contributed by atoms with van der Waals surface area (Å²) in [5.41, 5.74) is 1.70. The van der Waals surface area contributed by atoms with E-state index in [1.807, 2.05) is 0 Å². The van der Waals surface area contributed by atoms with Crippen LogP contribution in [0.1, 0.15) is 18.9 Å². The van der Waals surface area contributed by atoms with Crippen LogP contribution >= 0.6 is 11.3 Å². The highest BCUT2D eigenvalue weighted by Crippen LogP contribution is 2.53. The van der Waals surface area contributed by atoms with Gasteiger partial charge in [0.05, 0.1) is 0 Å². The second-order valence-electron chi connectivity index (χ2n) is 3.51. The van der Waals surface area contributed by atoms with Gasteiger partial charge in [0.2, 0.25) is 0 Å². The van der Waals surface area contributed by atoms with Gasteiger partial charge in [-0.15, -0.1) is 0 Å². The third kappa shape index (κ3) is 1.01. The van der Waals surface area contributed by atoms with Crippen molar-refractivity contribution in [1.29, 1.82) is 0 Å². The zero-order chi connectivity index (χ0) is 7.90. The van der Waals surface area contributed by atoms with E-state index in [2.05, 4.69) is 23.8 Å². The minimum Gasteiger partial charge on any atom is -0.396 e. The van der Waals surface area contributed by atoms with Gasteiger partial charge in [-0.3, -0.25) is 0 Å². The smallest absolute Gasteiger partial charge is 0.0468 e. The van der Waals surface area contributed by atoms with Crippen molar-refractivity contribution >= 4 is 11.3 Å². The molecule has 1 heterocycles. The molecule has 0 spiro atoms. The number of hydrogen-bond acceptors (Lipinski definition) is 2. The largest absolute Gasteiger partial charge is 0.396 e. The Labute approximate surface area is 70.7 Å². The highest BCUT2D eigenvalue weighted by Gasteiger charge is 2.50. The van der Waals surface area contributed by atoms with E-state index in [0.29, 0.717) is 17.9 Å². The van der Waals surface area contributed by atoms with Crippen molar-refractivity contribution in [2.24, 2.45) is 5.92 Å². The van der Waals surface area contributed by atoms with Crippen LogP contribution < -0.4 is 0 Å². The van der Waals surface area contributed by atoms with Crippen molar-refractivity contribution < 1.29 is 5.11 Å². The fraction of sp³-hybridized carbons (Fsp3) is 0.556. The summed E-state index contributed by atoms with van der Waals surface area (Å²) in [6.45, 7) is 2.57. The van der Waals surface area contributed by atoms with Gasteiger partial charge in [0.1, 0.15) is 0 Å². The van der Waals surface area contributed by atoms with Crippen LogP contribution in [0.4, 0.5) is 0 Å². The van der Waals surface area contributed by atoms with Gasteiger partial charge >= 0.3 is 0 Å². The molecule has 0 saturated heterocycles. The average Bonchev–Trinajstić information content (AvgIpc) is 2.55. The molecular weight excluding hydrogens is 156 g/mol. The van der Waals surface area contributed by atoms with E-state index in [9.17, 15) is 0 Å². The third-order valence-electron chi connectivity index (χ3n) is 2.81. The Kier molecular flexibility index (Phi) is 1.55. The van der Waals surface area contributed by atoms with Gasteiger partial charge in [-0.1, -0.05) is 6.92 Å². The molecule has 2 atom stereocenters.